The molecule has 0 aliphatic rings. The van der Waals surface area contributed by atoms with Crippen LogP contribution in [0.25, 0.3) is 101 Å². The molecule has 0 radical (unpaired) electrons. The lowest BCUT2D eigenvalue weighted by Gasteiger charge is -2.13. The van der Waals surface area contributed by atoms with Gasteiger partial charge in [0.1, 0.15) is 0 Å². The monoisotopic (exact) mass is 767 g/mol. The van der Waals surface area contributed by atoms with E-state index in [1.807, 2.05) is 78.9 Å². The lowest BCUT2D eigenvalue weighted by molar-refractivity contribution is 1.07. The third kappa shape index (κ3) is 7.63. The minimum Gasteiger partial charge on any atom is -0.228 e. The van der Waals surface area contributed by atoms with E-state index in [0.29, 0.717) is 23.3 Å². The van der Waals surface area contributed by atoms with Gasteiger partial charge in [0, 0.05) is 33.4 Å². The molecule has 5 heteroatoms. The van der Waals surface area contributed by atoms with Crippen LogP contribution in [0.15, 0.2) is 224 Å². The van der Waals surface area contributed by atoms with Crippen LogP contribution in [0.5, 0.6) is 0 Å². The van der Waals surface area contributed by atoms with E-state index < -0.39 is 0 Å². The minimum atomic E-state index is 0.614. The molecule has 0 saturated heterocycles. The zero-order chi connectivity index (χ0) is 40.1. The molecule has 0 saturated carbocycles. The summed E-state index contributed by atoms with van der Waals surface area (Å²) in [4.78, 5) is 25.2. The van der Waals surface area contributed by atoms with Crippen LogP contribution in [0.1, 0.15) is 0 Å². The van der Waals surface area contributed by atoms with Crippen LogP contribution in [-0.2, 0) is 0 Å². The summed E-state index contributed by atoms with van der Waals surface area (Å²) >= 11 is 0. The highest BCUT2D eigenvalue weighted by Crippen LogP contribution is 2.35. The molecule has 8 aromatic carbocycles. The van der Waals surface area contributed by atoms with E-state index in [2.05, 4.69) is 146 Å². The van der Waals surface area contributed by atoms with Crippen LogP contribution in [0.2, 0.25) is 0 Å². The van der Waals surface area contributed by atoms with Gasteiger partial charge in [-0.15, -0.1) is 0 Å². The molecule has 60 heavy (non-hydrogen) atoms. The Morgan fingerprint density at radius 3 is 1.03 bits per heavy atom. The molecule has 0 aliphatic carbocycles. The van der Waals surface area contributed by atoms with E-state index in [9.17, 15) is 0 Å². The van der Waals surface area contributed by atoms with Gasteiger partial charge in [-0.3, -0.25) is 0 Å². The summed E-state index contributed by atoms with van der Waals surface area (Å²) in [6.07, 6.45) is 0. The van der Waals surface area contributed by atoms with E-state index in [1.165, 1.54) is 16.7 Å². The Kier molecular flexibility index (Phi) is 9.88. The number of benzene rings is 8. The van der Waals surface area contributed by atoms with Crippen molar-refractivity contribution in [2.24, 2.45) is 0 Å². The molecular formula is C55H37N5. The average molecular weight is 768 g/mol. The predicted molar refractivity (Wildman–Crippen MR) is 244 cm³/mol. The molecule has 0 fully saturated rings. The molecule has 2 aromatic heterocycles. The maximum Gasteiger partial charge on any atom is 0.164 e. The highest BCUT2D eigenvalue weighted by atomic mass is 15.0. The molecule has 2 heterocycles. The van der Waals surface area contributed by atoms with Crippen molar-refractivity contribution in [2.75, 3.05) is 0 Å². The molecule has 0 amide bonds. The van der Waals surface area contributed by atoms with Gasteiger partial charge in [-0.1, -0.05) is 206 Å². The fourth-order valence-electron chi connectivity index (χ4n) is 7.52. The SMILES string of the molecule is c1ccc(-c2cc(-c3cccc(-c4cccc(-c5nc(-c6ccccc6)nc(-c6ccccc6)n5)c4)c3)nc(-c3ccc(-c4ccccc4-c4ccccc4)cc3)n2)cc1. The molecule has 0 unspecified atom stereocenters. The Bertz CT molecular complexity index is 3000. The van der Waals surface area contributed by atoms with Gasteiger partial charge in [-0.2, -0.15) is 0 Å². The molecule has 10 rings (SSSR count). The smallest absolute Gasteiger partial charge is 0.164 e. The normalized spacial score (nSPS) is 11.0. The second-order valence-electron chi connectivity index (χ2n) is 14.5. The maximum atomic E-state index is 5.21. The first-order valence-electron chi connectivity index (χ1n) is 20.0. The van der Waals surface area contributed by atoms with Crippen LogP contribution >= 0.6 is 0 Å². The van der Waals surface area contributed by atoms with Gasteiger partial charge in [-0.25, -0.2) is 24.9 Å². The largest absolute Gasteiger partial charge is 0.228 e. The second-order valence-corrected chi connectivity index (χ2v) is 14.5. The summed E-state index contributed by atoms with van der Waals surface area (Å²) in [5.41, 5.74) is 14.2. The Morgan fingerprint density at radius 2 is 0.500 bits per heavy atom. The van der Waals surface area contributed by atoms with Gasteiger partial charge in [0.25, 0.3) is 0 Å². The first-order valence-corrected chi connectivity index (χ1v) is 20.0. The summed E-state index contributed by atoms with van der Waals surface area (Å²) < 4.78 is 0. The van der Waals surface area contributed by atoms with Gasteiger partial charge in [-0.05, 0) is 51.6 Å². The van der Waals surface area contributed by atoms with Crippen LogP contribution < -0.4 is 0 Å². The van der Waals surface area contributed by atoms with Crippen molar-refractivity contribution >= 4 is 0 Å². The Morgan fingerprint density at radius 1 is 0.183 bits per heavy atom. The van der Waals surface area contributed by atoms with Crippen LogP contribution in [-0.4, -0.2) is 24.9 Å². The molecule has 0 spiro atoms. The third-order valence-corrected chi connectivity index (χ3v) is 10.6. The molecule has 0 aliphatic heterocycles. The number of hydrogen-bond acceptors (Lipinski definition) is 5. The summed E-state index contributed by atoms with van der Waals surface area (Å²) in [6.45, 7) is 0. The Balaban J connectivity index is 1.02. The zero-order valence-corrected chi connectivity index (χ0v) is 32.6. The maximum absolute atomic E-state index is 5.21. The third-order valence-electron chi connectivity index (χ3n) is 10.6. The lowest BCUT2D eigenvalue weighted by Crippen LogP contribution is -2.00. The topological polar surface area (TPSA) is 64.5 Å². The first-order chi connectivity index (χ1) is 29.7. The van der Waals surface area contributed by atoms with Gasteiger partial charge < -0.3 is 0 Å². The molecule has 0 atom stereocenters. The van der Waals surface area contributed by atoms with Gasteiger partial charge in [0.15, 0.2) is 23.3 Å². The van der Waals surface area contributed by atoms with Gasteiger partial charge >= 0.3 is 0 Å². The number of rotatable bonds is 9. The lowest BCUT2D eigenvalue weighted by atomic mass is 9.94. The van der Waals surface area contributed by atoms with Gasteiger partial charge in [0.05, 0.1) is 11.4 Å². The van der Waals surface area contributed by atoms with Crippen LogP contribution in [0, 0.1) is 0 Å². The molecule has 0 N–H and O–H groups in total. The zero-order valence-electron chi connectivity index (χ0n) is 32.6. The molecule has 0 bridgehead atoms. The quantitative estimate of drug-likeness (QED) is 0.146. The highest BCUT2D eigenvalue weighted by Gasteiger charge is 2.15. The summed E-state index contributed by atoms with van der Waals surface area (Å²) in [7, 11) is 0. The predicted octanol–water partition coefficient (Wildman–Crippen LogP) is 13.7. The van der Waals surface area contributed by atoms with Crippen molar-refractivity contribution in [3.63, 3.8) is 0 Å². The molecule has 282 valence electrons. The van der Waals surface area contributed by atoms with E-state index in [-0.39, 0.29) is 0 Å². The number of hydrogen-bond donors (Lipinski definition) is 0. The second kappa shape index (κ2) is 16.4. The molecule has 10 aromatic rings. The molecular weight excluding hydrogens is 731 g/mol. The highest BCUT2D eigenvalue weighted by molar-refractivity contribution is 5.84. The number of nitrogens with zero attached hydrogens (tertiary/aromatic N) is 5. The average Bonchev–Trinajstić information content (AvgIpc) is 3.35. The first kappa shape index (κ1) is 36.2. The van der Waals surface area contributed by atoms with Crippen molar-refractivity contribution in [1.29, 1.82) is 0 Å². The Hall–Kier alpha value is -8.15. The fourth-order valence-corrected chi connectivity index (χ4v) is 7.52. The van der Waals surface area contributed by atoms with Gasteiger partial charge in [0.2, 0.25) is 0 Å². The van der Waals surface area contributed by atoms with Crippen molar-refractivity contribution in [3.8, 4) is 101 Å². The van der Waals surface area contributed by atoms with Crippen LogP contribution in [0.3, 0.4) is 0 Å². The van der Waals surface area contributed by atoms with Crippen molar-refractivity contribution < 1.29 is 0 Å². The fraction of sp³-hybridized carbons (Fsp3) is 0. The Labute approximate surface area is 349 Å². The van der Waals surface area contributed by atoms with Crippen molar-refractivity contribution in [3.05, 3.63) is 224 Å². The summed E-state index contributed by atoms with van der Waals surface area (Å²) in [6, 6.07) is 77.1. The van der Waals surface area contributed by atoms with E-state index in [0.717, 1.165) is 61.5 Å². The minimum absolute atomic E-state index is 0.614. The summed E-state index contributed by atoms with van der Waals surface area (Å²) in [5, 5.41) is 0. The van der Waals surface area contributed by atoms with Crippen molar-refractivity contribution in [1.82, 2.24) is 24.9 Å². The molecule has 5 nitrogen and oxygen atoms in total. The summed E-state index contributed by atoms with van der Waals surface area (Å²) in [5.74, 6) is 2.54. The standard InChI is InChI=1S/C55H37N5/c1-5-17-38(18-6-1)48-29-13-14-30-49(48)39-31-33-43(34-32-39)52-56-50(40-19-7-2-8-20-40)37-51(57-52)46-27-15-25-44(35-46)45-26-16-28-47(36-45)55-59-53(41-21-9-3-10-22-41)58-54(60-55)42-23-11-4-12-24-42/h1-37H. The van der Waals surface area contributed by atoms with Crippen LogP contribution in [0.4, 0.5) is 0 Å². The van der Waals surface area contributed by atoms with E-state index in [4.69, 9.17) is 24.9 Å². The van der Waals surface area contributed by atoms with Crippen molar-refractivity contribution in [2.45, 2.75) is 0 Å². The number of aromatic nitrogens is 5. The van der Waals surface area contributed by atoms with E-state index >= 15 is 0 Å². The van der Waals surface area contributed by atoms with E-state index in [1.54, 1.807) is 0 Å².